The topological polar surface area (TPSA) is 61.7 Å². The Balaban J connectivity index is 1.97. The maximum atomic E-state index is 10.7. The van der Waals surface area contributed by atoms with Crippen molar-refractivity contribution in [2.24, 2.45) is 5.10 Å². The summed E-state index contributed by atoms with van der Waals surface area (Å²) in [6, 6.07) is 14.7. The summed E-state index contributed by atoms with van der Waals surface area (Å²) in [6.07, 6.45) is 1.73. The normalized spacial score (nSPS) is 11.0. The molecule has 0 aliphatic rings. The van der Waals surface area contributed by atoms with Crippen LogP contribution in [0.5, 0.6) is 0 Å². The second-order valence-corrected chi connectivity index (χ2v) is 5.07. The van der Waals surface area contributed by atoms with Gasteiger partial charge in [-0.1, -0.05) is 38.1 Å². The third kappa shape index (κ3) is 4.18. The number of benzene rings is 2. The molecule has 0 saturated carbocycles. The number of nitrogens with zero attached hydrogens (tertiary/aromatic N) is 1. The number of aromatic carboxylic acids is 1. The van der Waals surface area contributed by atoms with Crippen molar-refractivity contribution in [2.75, 3.05) is 5.43 Å². The van der Waals surface area contributed by atoms with Gasteiger partial charge in [0, 0.05) is 0 Å². The first-order valence-corrected chi connectivity index (χ1v) is 6.78. The predicted octanol–water partition coefficient (Wildman–Crippen LogP) is 3.95. The second kappa shape index (κ2) is 6.70. The Labute approximate surface area is 124 Å². The van der Waals surface area contributed by atoms with E-state index in [2.05, 4.69) is 36.5 Å². The average Bonchev–Trinajstić information content (AvgIpc) is 2.48. The highest BCUT2D eigenvalue weighted by molar-refractivity contribution is 5.88. The Kier molecular flexibility index (Phi) is 4.72. The monoisotopic (exact) mass is 282 g/mol. The van der Waals surface area contributed by atoms with Gasteiger partial charge in [0.15, 0.2) is 0 Å². The maximum Gasteiger partial charge on any atom is 0.335 e. The van der Waals surface area contributed by atoms with Gasteiger partial charge in [0.05, 0.1) is 17.5 Å². The van der Waals surface area contributed by atoms with Crippen LogP contribution in [-0.2, 0) is 0 Å². The smallest absolute Gasteiger partial charge is 0.335 e. The summed E-state index contributed by atoms with van der Waals surface area (Å²) < 4.78 is 0. The van der Waals surface area contributed by atoms with E-state index < -0.39 is 5.97 Å². The number of rotatable bonds is 5. The molecule has 0 spiro atoms. The molecule has 0 aliphatic carbocycles. The molecule has 0 bridgehead atoms. The molecule has 2 aromatic rings. The molecule has 4 heteroatoms. The minimum Gasteiger partial charge on any atom is -0.478 e. The zero-order chi connectivity index (χ0) is 15.2. The highest BCUT2D eigenvalue weighted by atomic mass is 16.4. The number of carboxylic acids is 1. The van der Waals surface area contributed by atoms with E-state index in [1.165, 1.54) is 17.7 Å². The largest absolute Gasteiger partial charge is 0.478 e. The van der Waals surface area contributed by atoms with E-state index in [0.29, 0.717) is 5.92 Å². The summed E-state index contributed by atoms with van der Waals surface area (Å²) in [5.74, 6) is -0.419. The SMILES string of the molecule is CC(C)c1ccc(/C=N\Nc2ccc(C(=O)O)cc2)cc1. The van der Waals surface area contributed by atoms with E-state index in [9.17, 15) is 4.79 Å². The number of nitrogens with one attached hydrogen (secondary N) is 1. The first-order valence-electron chi connectivity index (χ1n) is 6.78. The number of hydrogen-bond acceptors (Lipinski definition) is 3. The van der Waals surface area contributed by atoms with Gasteiger partial charge >= 0.3 is 5.97 Å². The highest BCUT2D eigenvalue weighted by Crippen LogP contribution is 2.14. The van der Waals surface area contributed by atoms with Gasteiger partial charge in [0.2, 0.25) is 0 Å². The third-order valence-electron chi connectivity index (χ3n) is 3.14. The summed E-state index contributed by atoms with van der Waals surface area (Å²) in [6.45, 7) is 4.32. The molecule has 2 N–H and O–H groups in total. The summed E-state index contributed by atoms with van der Waals surface area (Å²) in [7, 11) is 0. The van der Waals surface area contributed by atoms with E-state index in [-0.39, 0.29) is 5.56 Å². The van der Waals surface area contributed by atoms with Crippen LogP contribution in [-0.4, -0.2) is 17.3 Å². The predicted molar refractivity (Wildman–Crippen MR) is 85.1 cm³/mol. The van der Waals surface area contributed by atoms with E-state index >= 15 is 0 Å². The lowest BCUT2D eigenvalue weighted by Crippen LogP contribution is -1.96. The Morgan fingerprint density at radius 1 is 1.10 bits per heavy atom. The molecule has 0 amide bonds. The van der Waals surface area contributed by atoms with Crippen molar-refractivity contribution in [1.82, 2.24) is 0 Å². The van der Waals surface area contributed by atoms with Gasteiger partial charge in [-0.3, -0.25) is 5.43 Å². The Bertz CT molecular complexity index is 629. The molecule has 0 unspecified atom stereocenters. The van der Waals surface area contributed by atoms with Gasteiger partial charge in [-0.05, 0) is 41.3 Å². The molecule has 0 heterocycles. The van der Waals surface area contributed by atoms with Crippen molar-refractivity contribution < 1.29 is 9.90 Å². The molecule has 0 radical (unpaired) electrons. The molecule has 2 rings (SSSR count). The van der Waals surface area contributed by atoms with E-state index in [0.717, 1.165) is 11.3 Å². The van der Waals surface area contributed by atoms with Gasteiger partial charge in [-0.25, -0.2) is 4.79 Å². The first-order chi connectivity index (χ1) is 10.1. The average molecular weight is 282 g/mol. The molecule has 0 saturated heterocycles. The lowest BCUT2D eigenvalue weighted by molar-refractivity contribution is 0.0697. The number of anilines is 1. The van der Waals surface area contributed by atoms with Crippen molar-refractivity contribution in [3.63, 3.8) is 0 Å². The summed E-state index contributed by atoms with van der Waals surface area (Å²) in [5, 5.41) is 13.0. The fourth-order valence-corrected chi connectivity index (χ4v) is 1.84. The van der Waals surface area contributed by atoms with Gasteiger partial charge in [0.1, 0.15) is 0 Å². The molecule has 0 atom stereocenters. The van der Waals surface area contributed by atoms with Crippen LogP contribution in [0.3, 0.4) is 0 Å². The molecular formula is C17H18N2O2. The Morgan fingerprint density at radius 3 is 2.24 bits per heavy atom. The minimum atomic E-state index is -0.935. The van der Waals surface area contributed by atoms with Crippen LogP contribution in [0.1, 0.15) is 41.3 Å². The first kappa shape index (κ1) is 14.8. The molecule has 21 heavy (non-hydrogen) atoms. The molecule has 0 aromatic heterocycles. The summed E-state index contributed by atoms with van der Waals surface area (Å²) >= 11 is 0. The molecule has 0 fully saturated rings. The van der Waals surface area contributed by atoms with Crippen LogP contribution in [0.25, 0.3) is 0 Å². The van der Waals surface area contributed by atoms with Gasteiger partial charge < -0.3 is 5.11 Å². The molecule has 2 aromatic carbocycles. The third-order valence-corrected chi connectivity index (χ3v) is 3.14. The van der Waals surface area contributed by atoms with Gasteiger partial charge in [0.25, 0.3) is 0 Å². The van der Waals surface area contributed by atoms with Crippen molar-refractivity contribution in [3.05, 3.63) is 65.2 Å². The molecule has 0 aliphatic heterocycles. The summed E-state index contributed by atoms with van der Waals surface area (Å²) in [5.41, 5.74) is 6.18. The van der Waals surface area contributed by atoms with Gasteiger partial charge in [-0.2, -0.15) is 5.10 Å². The lowest BCUT2D eigenvalue weighted by atomic mass is 10.0. The second-order valence-electron chi connectivity index (χ2n) is 5.07. The van der Waals surface area contributed by atoms with Crippen molar-refractivity contribution in [3.8, 4) is 0 Å². The van der Waals surface area contributed by atoms with Crippen LogP contribution in [0, 0.1) is 0 Å². The van der Waals surface area contributed by atoms with Crippen LogP contribution in [0.2, 0.25) is 0 Å². The standard InChI is InChI=1S/C17H18N2O2/c1-12(2)14-5-3-13(4-6-14)11-18-19-16-9-7-15(8-10-16)17(20)21/h3-12,19H,1-2H3,(H,20,21)/b18-11-. The quantitative estimate of drug-likeness (QED) is 0.644. The zero-order valence-corrected chi connectivity index (χ0v) is 12.1. The number of carbonyl (C=O) groups is 1. The molecule has 4 nitrogen and oxygen atoms in total. The van der Waals surface area contributed by atoms with Crippen LogP contribution in [0.4, 0.5) is 5.69 Å². The van der Waals surface area contributed by atoms with E-state index in [1.807, 2.05) is 12.1 Å². The fraction of sp³-hybridized carbons (Fsp3) is 0.176. The van der Waals surface area contributed by atoms with Crippen LogP contribution in [0.15, 0.2) is 53.6 Å². The number of hydrogen-bond donors (Lipinski definition) is 2. The van der Waals surface area contributed by atoms with E-state index in [1.54, 1.807) is 18.3 Å². The molecular weight excluding hydrogens is 264 g/mol. The summed E-state index contributed by atoms with van der Waals surface area (Å²) in [4.78, 5) is 10.7. The number of hydrazone groups is 1. The van der Waals surface area contributed by atoms with Crippen LogP contribution < -0.4 is 5.43 Å². The van der Waals surface area contributed by atoms with E-state index in [4.69, 9.17) is 5.11 Å². The number of carboxylic acid groups (broad SMARTS) is 1. The Morgan fingerprint density at radius 2 is 1.71 bits per heavy atom. The van der Waals surface area contributed by atoms with Crippen molar-refractivity contribution >= 4 is 17.9 Å². The van der Waals surface area contributed by atoms with Crippen LogP contribution >= 0.6 is 0 Å². The maximum absolute atomic E-state index is 10.7. The van der Waals surface area contributed by atoms with Crippen molar-refractivity contribution in [2.45, 2.75) is 19.8 Å². The lowest BCUT2D eigenvalue weighted by Gasteiger charge is -2.04. The van der Waals surface area contributed by atoms with Crippen molar-refractivity contribution in [1.29, 1.82) is 0 Å². The van der Waals surface area contributed by atoms with Gasteiger partial charge in [-0.15, -0.1) is 0 Å². The fourth-order valence-electron chi connectivity index (χ4n) is 1.84. The minimum absolute atomic E-state index is 0.258. The molecule has 108 valence electrons. The zero-order valence-electron chi connectivity index (χ0n) is 12.1. The Hall–Kier alpha value is -2.62. The highest BCUT2D eigenvalue weighted by Gasteiger charge is 2.00.